The average molecular weight is 408 g/mol. The molecule has 10 heteroatoms. The molecule has 3 aromatic rings. The van der Waals surface area contributed by atoms with Gasteiger partial charge in [0.1, 0.15) is 0 Å². The third kappa shape index (κ3) is 3.68. The first-order valence-electron chi connectivity index (χ1n) is 8.76. The summed E-state index contributed by atoms with van der Waals surface area (Å²) in [6.07, 6.45) is 0.303. The van der Waals surface area contributed by atoms with Crippen molar-refractivity contribution in [3.8, 4) is 0 Å². The second kappa shape index (κ2) is 8.17. The highest BCUT2D eigenvalue weighted by atomic mass is 35.5. The van der Waals surface area contributed by atoms with Gasteiger partial charge in [0.05, 0.1) is 19.2 Å². The summed E-state index contributed by atoms with van der Waals surface area (Å²) >= 11 is 5.95. The van der Waals surface area contributed by atoms with Gasteiger partial charge in [0.2, 0.25) is 5.95 Å². The van der Waals surface area contributed by atoms with Crippen molar-refractivity contribution in [2.24, 2.45) is 14.1 Å². The predicted molar refractivity (Wildman–Crippen MR) is 107 cm³/mol. The lowest BCUT2D eigenvalue weighted by molar-refractivity contribution is 0.228. The van der Waals surface area contributed by atoms with Crippen LogP contribution >= 0.6 is 11.6 Å². The molecule has 1 atom stereocenters. The van der Waals surface area contributed by atoms with Crippen LogP contribution in [-0.4, -0.2) is 48.2 Å². The monoisotopic (exact) mass is 407 g/mol. The van der Waals surface area contributed by atoms with Gasteiger partial charge in [-0.2, -0.15) is 4.98 Å². The second-order valence-corrected chi connectivity index (χ2v) is 7.00. The van der Waals surface area contributed by atoms with E-state index in [1.807, 2.05) is 12.1 Å². The fraction of sp³-hybridized carbons (Fsp3) is 0.389. The number of nitrogens with zero attached hydrogens (tertiary/aromatic N) is 4. The third-order valence-electron chi connectivity index (χ3n) is 4.63. The molecule has 2 heterocycles. The Labute approximate surface area is 165 Å². The third-order valence-corrected chi connectivity index (χ3v) is 4.89. The van der Waals surface area contributed by atoms with Crippen LogP contribution in [-0.2, 0) is 20.6 Å². The van der Waals surface area contributed by atoms with E-state index in [4.69, 9.17) is 11.6 Å². The Bertz CT molecular complexity index is 1100. The van der Waals surface area contributed by atoms with Gasteiger partial charge in [-0.3, -0.25) is 18.5 Å². The maximum absolute atomic E-state index is 12.8. The number of aliphatic hydroxyl groups is 2. The number of nitrogens with one attached hydrogen (secondary N) is 1. The van der Waals surface area contributed by atoms with Crippen LogP contribution in [0.3, 0.4) is 0 Å². The second-order valence-electron chi connectivity index (χ2n) is 6.56. The Hall–Kier alpha value is -2.62. The minimum Gasteiger partial charge on any atom is -0.396 e. The topological polar surface area (TPSA) is 114 Å². The molecule has 0 saturated carbocycles. The number of imidazole rings is 1. The summed E-state index contributed by atoms with van der Waals surface area (Å²) in [6.45, 7) is -0.0295. The van der Waals surface area contributed by atoms with E-state index in [2.05, 4.69) is 10.3 Å². The molecule has 0 aliphatic rings. The Balaban J connectivity index is 2.21. The molecule has 28 heavy (non-hydrogen) atoms. The summed E-state index contributed by atoms with van der Waals surface area (Å²) < 4.78 is 4.00. The van der Waals surface area contributed by atoms with Crippen molar-refractivity contribution in [2.45, 2.75) is 19.0 Å². The molecule has 3 N–H and O–H groups in total. The molecule has 0 aliphatic heterocycles. The maximum atomic E-state index is 12.8. The van der Waals surface area contributed by atoms with Crippen LogP contribution in [0.25, 0.3) is 11.2 Å². The summed E-state index contributed by atoms with van der Waals surface area (Å²) in [6, 6.07) is 6.72. The number of hydrogen-bond acceptors (Lipinski definition) is 6. The molecule has 0 amide bonds. The SMILES string of the molecule is Cn1c(=O)c2c(nc(N[C@H](CO)CCO)n2Cc2ccc(Cl)cc2)n(C)c1=O. The van der Waals surface area contributed by atoms with Crippen LogP contribution in [0.4, 0.5) is 5.95 Å². The molecule has 9 nitrogen and oxygen atoms in total. The van der Waals surface area contributed by atoms with Crippen molar-refractivity contribution >= 4 is 28.7 Å². The molecular formula is C18H22ClN5O4. The van der Waals surface area contributed by atoms with Crippen LogP contribution < -0.4 is 16.6 Å². The smallest absolute Gasteiger partial charge is 0.332 e. The van der Waals surface area contributed by atoms with Gasteiger partial charge >= 0.3 is 5.69 Å². The fourth-order valence-electron chi connectivity index (χ4n) is 3.03. The fourth-order valence-corrected chi connectivity index (χ4v) is 3.16. The van der Waals surface area contributed by atoms with Crippen molar-refractivity contribution in [3.05, 3.63) is 55.7 Å². The van der Waals surface area contributed by atoms with Gasteiger partial charge in [-0.05, 0) is 24.1 Å². The number of benzene rings is 1. The van der Waals surface area contributed by atoms with E-state index < -0.39 is 17.3 Å². The van der Waals surface area contributed by atoms with Crippen LogP contribution in [0.15, 0.2) is 33.9 Å². The lowest BCUT2D eigenvalue weighted by atomic mass is 10.2. The van der Waals surface area contributed by atoms with E-state index in [0.29, 0.717) is 23.9 Å². The molecular weight excluding hydrogens is 386 g/mol. The van der Waals surface area contributed by atoms with Crippen LogP contribution in [0.1, 0.15) is 12.0 Å². The summed E-state index contributed by atoms with van der Waals surface area (Å²) in [7, 11) is 2.96. The van der Waals surface area contributed by atoms with E-state index in [0.717, 1.165) is 10.1 Å². The first kappa shape index (κ1) is 20.1. The van der Waals surface area contributed by atoms with Gasteiger partial charge in [0.25, 0.3) is 5.56 Å². The lowest BCUT2D eigenvalue weighted by Gasteiger charge is -2.17. The van der Waals surface area contributed by atoms with Crippen molar-refractivity contribution in [3.63, 3.8) is 0 Å². The van der Waals surface area contributed by atoms with Crippen molar-refractivity contribution in [1.29, 1.82) is 0 Å². The molecule has 0 radical (unpaired) electrons. The van der Waals surface area contributed by atoms with E-state index in [1.54, 1.807) is 23.7 Å². The largest absolute Gasteiger partial charge is 0.396 e. The van der Waals surface area contributed by atoms with Gasteiger partial charge in [0, 0.05) is 25.7 Å². The standard InChI is InChI=1S/C18H22ClN5O4/c1-22-15-14(16(27)23(2)18(22)28)24(9-11-3-5-12(19)6-4-11)17(21-15)20-13(10-26)7-8-25/h3-6,13,25-26H,7-10H2,1-2H3,(H,20,21)/t13-/m0/s1. The molecule has 0 aliphatic carbocycles. The number of aromatic nitrogens is 4. The number of aliphatic hydroxyl groups excluding tert-OH is 2. The van der Waals surface area contributed by atoms with E-state index in [1.165, 1.54) is 11.6 Å². The normalized spacial score (nSPS) is 12.5. The number of halogens is 1. The molecule has 1 aromatic carbocycles. The van der Waals surface area contributed by atoms with Crippen LogP contribution in [0.5, 0.6) is 0 Å². The van der Waals surface area contributed by atoms with E-state index in [9.17, 15) is 19.8 Å². The molecule has 0 fully saturated rings. The van der Waals surface area contributed by atoms with Gasteiger partial charge in [-0.15, -0.1) is 0 Å². The highest BCUT2D eigenvalue weighted by molar-refractivity contribution is 6.30. The van der Waals surface area contributed by atoms with Gasteiger partial charge < -0.3 is 15.5 Å². The van der Waals surface area contributed by atoms with Crippen LogP contribution in [0.2, 0.25) is 5.02 Å². The molecule has 0 unspecified atom stereocenters. The first-order valence-corrected chi connectivity index (χ1v) is 9.14. The Morgan fingerprint density at radius 3 is 2.43 bits per heavy atom. The molecule has 0 spiro atoms. The Morgan fingerprint density at radius 1 is 1.14 bits per heavy atom. The van der Waals surface area contributed by atoms with Crippen molar-refractivity contribution in [1.82, 2.24) is 18.7 Å². The maximum Gasteiger partial charge on any atom is 0.332 e. The zero-order valence-corrected chi connectivity index (χ0v) is 16.3. The number of anilines is 1. The van der Waals surface area contributed by atoms with Crippen molar-refractivity contribution < 1.29 is 10.2 Å². The Morgan fingerprint density at radius 2 is 1.82 bits per heavy atom. The summed E-state index contributed by atoms with van der Waals surface area (Å²) in [5.41, 5.74) is 0.447. The number of hydrogen-bond donors (Lipinski definition) is 3. The van der Waals surface area contributed by atoms with Crippen LogP contribution in [0, 0.1) is 0 Å². The quantitative estimate of drug-likeness (QED) is 0.518. The minimum atomic E-state index is -0.478. The molecule has 3 rings (SSSR count). The van der Waals surface area contributed by atoms with Gasteiger partial charge in [-0.1, -0.05) is 23.7 Å². The Kier molecular flexibility index (Phi) is 5.87. The molecule has 0 saturated heterocycles. The van der Waals surface area contributed by atoms with Gasteiger partial charge in [0.15, 0.2) is 11.2 Å². The minimum absolute atomic E-state index is 0.115. The summed E-state index contributed by atoms with van der Waals surface area (Å²) in [5, 5.41) is 22.4. The van der Waals surface area contributed by atoms with E-state index in [-0.39, 0.29) is 24.4 Å². The summed E-state index contributed by atoms with van der Waals surface area (Å²) in [5.74, 6) is 0.329. The van der Waals surface area contributed by atoms with E-state index >= 15 is 0 Å². The zero-order chi connectivity index (χ0) is 20.4. The number of aryl methyl sites for hydroxylation is 1. The highest BCUT2D eigenvalue weighted by Crippen LogP contribution is 2.20. The molecule has 2 aromatic heterocycles. The average Bonchev–Trinajstić information content (AvgIpc) is 3.04. The zero-order valence-electron chi connectivity index (χ0n) is 15.6. The highest BCUT2D eigenvalue weighted by Gasteiger charge is 2.21. The summed E-state index contributed by atoms with van der Waals surface area (Å²) in [4.78, 5) is 29.5. The molecule has 0 bridgehead atoms. The first-order chi connectivity index (χ1) is 13.4. The van der Waals surface area contributed by atoms with Crippen molar-refractivity contribution in [2.75, 3.05) is 18.5 Å². The van der Waals surface area contributed by atoms with Gasteiger partial charge in [-0.25, -0.2) is 4.79 Å². The molecule has 150 valence electrons. The predicted octanol–water partition coefficient (Wildman–Crippen LogP) is 0.291. The lowest BCUT2D eigenvalue weighted by Crippen LogP contribution is -2.37. The number of rotatable bonds is 7. The number of fused-ring (bicyclic) bond motifs is 1.